The van der Waals surface area contributed by atoms with Crippen molar-refractivity contribution >= 4 is 35.4 Å². The number of carbonyl (C=O) groups excluding carboxylic acids is 6. The fraction of sp³-hybridized carbons (Fsp3) is 0.625. The van der Waals surface area contributed by atoms with Gasteiger partial charge in [-0.15, -0.1) is 0 Å². The highest BCUT2D eigenvalue weighted by Crippen LogP contribution is 2.55. The van der Waals surface area contributed by atoms with Gasteiger partial charge in [-0.2, -0.15) is 0 Å². The molecule has 4 rings (SSSR count). The molecule has 1 saturated carbocycles. The molecule has 0 saturated heterocycles. The predicted octanol–water partition coefficient (Wildman–Crippen LogP) is 2.05. The number of rotatable bonds is 8. The average Bonchev–Trinajstić information content (AvgIpc) is 3.30. The lowest BCUT2D eigenvalue weighted by Crippen LogP contribution is -2.64. The number of aliphatic hydroxyl groups is 2. The van der Waals surface area contributed by atoms with Gasteiger partial charge in [-0.1, -0.05) is 47.6 Å². The standard InChI is InChI=1S/C32H40O12/c1-8-15(2)28(38)44-27(18-14-30(4,5)19(12-22(34)41-7)16(3)25(18)37)32(40)20-13-24(36)42-26(17-11-23(35)43-29(17)39)31(20,6)10-9-21(32)33/h11,13-16,19,23,26-27,35,40H,8-10,12H2,1-7H3/t15-,16-,19-,23?,26+,27-,31-,32+/m1/s1. The van der Waals surface area contributed by atoms with Gasteiger partial charge in [-0.3, -0.25) is 19.2 Å². The van der Waals surface area contributed by atoms with Crippen LogP contribution < -0.4 is 0 Å². The van der Waals surface area contributed by atoms with Crippen molar-refractivity contribution in [2.45, 2.75) is 91.3 Å². The maximum absolute atomic E-state index is 14.1. The maximum Gasteiger partial charge on any atom is 0.340 e. The summed E-state index contributed by atoms with van der Waals surface area (Å²) in [6.07, 6.45) is -1.24. The van der Waals surface area contributed by atoms with Crippen LogP contribution in [0.15, 0.2) is 34.9 Å². The van der Waals surface area contributed by atoms with Gasteiger partial charge < -0.3 is 29.2 Å². The molecule has 12 nitrogen and oxygen atoms in total. The van der Waals surface area contributed by atoms with Crippen LogP contribution in [-0.2, 0) is 47.7 Å². The molecule has 0 radical (unpaired) electrons. The Kier molecular flexibility index (Phi) is 8.84. The fourth-order valence-corrected chi connectivity index (χ4v) is 6.90. The third-order valence-corrected chi connectivity index (χ3v) is 9.78. The third kappa shape index (κ3) is 5.42. The molecule has 12 heteroatoms. The summed E-state index contributed by atoms with van der Waals surface area (Å²) in [5.41, 5.74) is -5.48. The monoisotopic (exact) mass is 616 g/mol. The zero-order valence-corrected chi connectivity index (χ0v) is 26.0. The number of aliphatic hydroxyl groups excluding tert-OH is 1. The van der Waals surface area contributed by atoms with E-state index in [9.17, 15) is 39.0 Å². The number of ether oxygens (including phenoxy) is 4. The second-order valence-electron chi connectivity index (χ2n) is 13.0. The molecule has 1 fully saturated rings. The van der Waals surface area contributed by atoms with Gasteiger partial charge in [-0.25, -0.2) is 9.59 Å². The van der Waals surface area contributed by atoms with E-state index in [-0.39, 0.29) is 36.0 Å². The predicted molar refractivity (Wildman–Crippen MR) is 151 cm³/mol. The first-order valence-electron chi connectivity index (χ1n) is 14.8. The summed E-state index contributed by atoms with van der Waals surface area (Å²) in [6.45, 7) is 10.1. The molecule has 0 bridgehead atoms. The Hall–Kier alpha value is -3.64. The first-order chi connectivity index (χ1) is 20.4. The van der Waals surface area contributed by atoms with E-state index in [2.05, 4.69) is 0 Å². The lowest BCUT2D eigenvalue weighted by molar-refractivity contribution is -0.175. The average molecular weight is 617 g/mol. The highest BCUT2D eigenvalue weighted by molar-refractivity contribution is 6.04. The quantitative estimate of drug-likeness (QED) is 0.300. The van der Waals surface area contributed by atoms with Crippen molar-refractivity contribution in [3.05, 3.63) is 34.9 Å². The molecule has 1 unspecified atom stereocenters. The van der Waals surface area contributed by atoms with Gasteiger partial charge in [0, 0.05) is 35.8 Å². The molecule has 2 heterocycles. The van der Waals surface area contributed by atoms with Crippen LogP contribution in [0.3, 0.4) is 0 Å². The molecule has 0 spiro atoms. The fourth-order valence-electron chi connectivity index (χ4n) is 6.90. The minimum Gasteiger partial charge on any atom is -0.469 e. The topological polar surface area (TPSA) is 180 Å². The molecule has 0 aromatic heterocycles. The minimum atomic E-state index is -2.71. The van der Waals surface area contributed by atoms with Crippen LogP contribution >= 0.6 is 0 Å². The van der Waals surface area contributed by atoms with Gasteiger partial charge in [0.1, 0.15) is 6.10 Å². The van der Waals surface area contributed by atoms with Crippen LogP contribution in [0.25, 0.3) is 0 Å². The van der Waals surface area contributed by atoms with Crippen molar-refractivity contribution in [2.75, 3.05) is 7.11 Å². The molecule has 240 valence electrons. The molecule has 2 aliphatic carbocycles. The summed E-state index contributed by atoms with van der Waals surface area (Å²) >= 11 is 0. The van der Waals surface area contributed by atoms with Crippen molar-refractivity contribution < 1.29 is 57.9 Å². The summed E-state index contributed by atoms with van der Waals surface area (Å²) in [4.78, 5) is 79.1. The normalized spacial score (nSPS) is 34.4. The summed E-state index contributed by atoms with van der Waals surface area (Å²) in [7, 11) is 1.25. The van der Waals surface area contributed by atoms with E-state index in [0.29, 0.717) is 6.42 Å². The SMILES string of the molecule is CC[C@@H](C)C(=O)O[C@H](C1=CC(C)(C)[C@H](CC(=O)OC)[C@@H](C)C1=O)[C@@]1(O)C(=O)CC[C@]2(C)C1=CC(=O)O[C@H]2C1=CC(O)OC1=O. The van der Waals surface area contributed by atoms with Gasteiger partial charge in [0.15, 0.2) is 23.3 Å². The Morgan fingerprint density at radius 3 is 2.36 bits per heavy atom. The summed E-state index contributed by atoms with van der Waals surface area (Å²) in [6, 6.07) is 0. The van der Waals surface area contributed by atoms with Crippen LogP contribution in [0.5, 0.6) is 0 Å². The highest BCUT2D eigenvalue weighted by Gasteiger charge is 2.65. The van der Waals surface area contributed by atoms with E-state index in [1.54, 1.807) is 41.5 Å². The van der Waals surface area contributed by atoms with Gasteiger partial charge in [0.25, 0.3) is 0 Å². The Morgan fingerprint density at radius 2 is 1.80 bits per heavy atom. The van der Waals surface area contributed by atoms with E-state index < -0.39 is 88.1 Å². The number of allylic oxidation sites excluding steroid dienone is 1. The number of methoxy groups -OCH3 is 1. The van der Waals surface area contributed by atoms with Crippen LogP contribution in [0.1, 0.15) is 67.2 Å². The molecule has 8 atom stereocenters. The number of esters is 4. The van der Waals surface area contributed by atoms with Gasteiger partial charge in [0.2, 0.25) is 6.29 Å². The Morgan fingerprint density at radius 1 is 1.14 bits per heavy atom. The number of cyclic esters (lactones) is 2. The number of hydrogen-bond donors (Lipinski definition) is 2. The summed E-state index contributed by atoms with van der Waals surface area (Å²) in [5, 5.41) is 22.5. The number of carbonyl (C=O) groups is 6. The Balaban J connectivity index is 1.92. The molecule has 0 aromatic carbocycles. The van der Waals surface area contributed by atoms with Gasteiger partial charge in [0.05, 0.1) is 18.6 Å². The molecule has 2 aliphatic heterocycles. The van der Waals surface area contributed by atoms with Crippen molar-refractivity contribution in [1.29, 1.82) is 0 Å². The second kappa shape index (κ2) is 11.7. The zero-order chi connectivity index (χ0) is 32.9. The summed E-state index contributed by atoms with van der Waals surface area (Å²) in [5.74, 6) is -6.55. The maximum atomic E-state index is 14.1. The van der Waals surface area contributed by atoms with Gasteiger partial charge in [-0.05, 0) is 35.8 Å². The Bertz CT molecular complexity index is 1380. The largest absolute Gasteiger partial charge is 0.469 e. The third-order valence-electron chi connectivity index (χ3n) is 9.78. The minimum absolute atomic E-state index is 0.0146. The molecule has 4 aliphatic rings. The highest BCUT2D eigenvalue weighted by atomic mass is 16.6. The zero-order valence-electron chi connectivity index (χ0n) is 26.0. The van der Waals surface area contributed by atoms with Crippen LogP contribution in [-0.4, -0.2) is 76.9 Å². The Labute approximate surface area is 255 Å². The van der Waals surface area contributed by atoms with Crippen molar-refractivity contribution in [3.8, 4) is 0 Å². The van der Waals surface area contributed by atoms with Gasteiger partial charge >= 0.3 is 23.9 Å². The van der Waals surface area contributed by atoms with E-state index in [1.165, 1.54) is 13.2 Å². The van der Waals surface area contributed by atoms with Crippen LogP contribution in [0, 0.1) is 28.6 Å². The number of Topliss-reactive ketones (excluding diaryl/α,β-unsaturated/α-hetero) is 2. The molecular weight excluding hydrogens is 576 g/mol. The molecule has 0 amide bonds. The van der Waals surface area contributed by atoms with E-state index in [0.717, 1.165) is 12.2 Å². The van der Waals surface area contributed by atoms with Crippen molar-refractivity contribution in [3.63, 3.8) is 0 Å². The number of ketones is 2. The van der Waals surface area contributed by atoms with Crippen molar-refractivity contribution in [2.24, 2.45) is 28.6 Å². The molecule has 0 aromatic rings. The first kappa shape index (κ1) is 33.3. The van der Waals surface area contributed by atoms with E-state index in [1.807, 2.05) is 0 Å². The first-order valence-corrected chi connectivity index (χ1v) is 14.8. The van der Waals surface area contributed by atoms with E-state index in [4.69, 9.17) is 18.9 Å². The van der Waals surface area contributed by atoms with Crippen molar-refractivity contribution in [1.82, 2.24) is 0 Å². The lowest BCUT2D eigenvalue weighted by Gasteiger charge is -2.52. The van der Waals surface area contributed by atoms with Crippen LogP contribution in [0.2, 0.25) is 0 Å². The molecule has 44 heavy (non-hydrogen) atoms. The summed E-state index contributed by atoms with van der Waals surface area (Å²) < 4.78 is 21.1. The molecular formula is C32H40O12. The van der Waals surface area contributed by atoms with Crippen LogP contribution in [0.4, 0.5) is 0 Å². The lowest BCUT2D eigenvalue weighted by atomic mass is 9.55. The number of fused-ring (bicyclic) bond motifs is 1. The second-order valence-corrected chi connectivity index (χ2v) is 13.0. The molecule has 2 N–H and O–H groups in total. The van der Waals surface area contributed by atoms with E-state index >= 15 is 0 Å². The number of hydrogen-bond acceptors (Lipinski definition) is 12. The smallest absolute Gasteiger partial charge is 0.340 e.